The quantitative estimate of drug-likeness (QED) is 0.477. The van der Waals surface area contributed by atoms with Crippen LogP contribution in [0.2, 0.25) is 0 Å². The third kappa shape index (κ3) is 7.35. The molecule has 0 aliphatic carbocycles. The van der Waals surface area contributed by atoms with Crippen molar-refractivity contribution in [1.29, 1.82) is 0 Å². The minimum atomic E-state index is -1.28. The third-order valence-corrected chi connectivity index (χ3v) is 5.37. The van der Waals surface area contributed by atoms with Crippen LogP contribution in [0.4, 0.5) is 0 Å². The van der Waals surface area contributed by atoms with Gasteiger partial charge in [-0.2, -0.15) is 11.8 Å². The fourth-order valence-corrected chi connectivity index (χ4v) is 3.58. The Morgan fingerprint density at radius 1 is 1.06 bits per heavy atom. The first-order valence-corrected chi connectivity index (χ1v) is 11.3. The van der Waals surface area contributed by atoms with E-state index in [9.17, 15) is 14.7 Å². The average molecular weight is 455 g/mol. The van der Waals surface area contributed by atoms with Crippen molar-refractivity contribution in [3.05, 3.63) is 89.7 Å². The van der Waals surface area contributed by atoms with Crippen LogP contribution in [-0.4, -0.2) is 34.9 Å². The molecule has 0 radical (unpaired) electrons. The molecule has 0 fully saturated rings. The molecule has 0 spiro atoms. The summed E-state index contributed by atoms with van der Waals surface area (Å²) in [5.41, 5.74) is 3.90. The van der Waals surface area contributed by atoms with Gasteiger partial charge in [-0.3, -0.25) is 9.78 Å². The maximum Gasteiger partial charge on any atom is 1.00 e. The van der Waals surface area contributed by atoms with Crippen molar-refractivity contribution in [2.45, 2.75) is 12.5 Å². The number of thioether (sulfide) groups is 1. The normalized spacial score (nSPS) is 11.5. The smallest absolute Gasteiger partial charge is 0.548 e. The summed E-state index contributed by atoms with van der Waals surface area (Å²) in [5, 5.41) is 14.1. The number of nitrogens with zero attached hydrogens (tertiary/aromatic N) is 1. The van der Waals surface area contributed by atoms with Crippen LogP contribution in [0.3, 0.4) is 0 Å². The Kier molecular flexibility index (Phi) is 10.7. The molecule has 1 N–H and O–H groups in total. The number of nitrogens with one attached hydrogen (secondary N) is 1. The van der Waals surface area contributed by atoms with E-state index in [1.807, 2.05) is 73.0 Å². The number of hydrogen-bond acceptors (Lipinski definition) is 5. The van der Waals surface area contributed by atoms with Crippen LogP contribution in [0.5, 0.6) is 0 Å². The molecule has 0 bridgehead atoms. The predicted molar refractivity (Wildman–Crippen MR) is 124 cm³/mol. The number of carboxylic acid groups (broad SMARTS) is 1. The van der Waals surface area contributed by atoms with Crippen LogP contribution in [0.15, 0.2) is 73.1 Å². The van der Waals surface area contributed by atoms with Crippen LogP contribution in [0.1, 0.15) is 27.9 Å². The molecule has 3 aromatic rings. The molecule has 0 aliphatic heterocycles. The molecular weight excluding hydrogens is 431 g/mol. The molecule has 0 saturated heterocycles. The van der Waals surface area contributed by atoms with Gasteiger partial charge in [0.25, 0.3) is 5.91 Å². The van der Waals surface area contributed by atoms with Crippen molar-refractivity contribution in [3.8, 4) is 11.1 Å². The van der Waals surface area contributed by atoms with Crippen molar-refractivity contribution >= 4 is 35.8 Å². The molecule has 32 heavy (non-hydrogen) atoms. The van der Waals surface area contributed by atoms with E-state index in [1.54, 1.807) is 18.5 Å². The zero-order valence-electron chi connectivity index (χ0n) is 18.2. The Bertz CT molecular complexity index is 1060. The summed E-state index contributed by atoms with van der Waals surface area (Å²) in [4.78, 5) is 28.5. The summed E-state index contributed by atoms with van der Waals surface area (Å²) in [6, 6.07) is 17.8. The van der Waals surface area contributed by atoms with Gasteiger partial charge < -0.3 is 15.2 Å². The minimum Gasteiger partial charge on any atom is -0.548 e. The number of aromatic nitrogens is 1. The number of carboxylic acids is 1. The molecule has 0 saturated carbocycles. The first kappa shape index (κ1) is 25.9. The van der Waals surface area contributed by atoms with Gasteiger partial charge in [-0.05, 0) is 58.9 Å². The summed E-state index contributed by atoms with van der Waals surface area (Å²) in [6.07, 6.45) is 9.59. The number of carbonyl (C=O) groups is 2. The van der Waals surface area contributed by atoms with Crippen LogP contribution >= 0.6 is 11.8 Å². The van der Waals surface area contributed by atoms with E-state index in [0.717, 1.165) is 22.3 Å². The van der Waals surface area contributed by atoms with Gasteiger partial charge in [-0.15, -0.1) is 0 Å². The fraction of sp³-hybridized carbons (Fsp3) is 0.160. The molecule has 1 amide bonds. The maximum absolute atomic E-state index is 13.0. The minimum absolute atomic E-state index is 0. The Hall–Kier alpha value is -2.38. The molecule has 2 aromatic carbocycles. The Balaban J connectivity index is 0.00000363. The standard InChI is InChI=1S/C25H24N2O3S.Na/c1-31-15-13-23(25(29)30)27-24(28)21-12-11-18(9-10-19-6-5-14-26-17-19)16-22(21)20-7-3-2-4-8-20;/h2-12,14,16-17,23H,13,15H2,1H3,(H,27,28)(H,29,30);/q;+1/p-1/t23-;/m0./s1. The number of carbonyl (C=O) groups excluding carboxylic acids is 2. The zero-order valence-corrected chi connectivity index (χ0v) is 21.0. The fourth-order valence-electron chi connectivity index (χ4n) is 3.11. The van der Waals surface area contributed by atoms with Gasteiger partial charge >= 0.3 is 29.6 Å². The first-order chi connectivity index (χ1) is 15.1. The van der Waals surface area contributed by atoms with Crippen molar-refractivity contribution in [2.24, 2.45) is 0 Å². The number of pyridine rings is 1. The van der Waals surface area contributed by atoms with Gasteiger partial charge in [0.1, 0.15) is 0 Å². The zero-order chi connectivity index (χ0) is 22.1. The van der Waals surface area contributed by atoms with Gasteiger partial charge in [-0.1, -0.05) is 54.6 Å². The van der Waals surface area contributed by atoms with Crippen LogP contribution in [-0.2, 0) is 4.79 Å². The second-order valence-corrected chi connectivity index (χ2v) is 7.90. The van der Waals surface area contributed by atoms with E-state index < -0.39 is 17.9 Å². The monoisotopic (exact) mass is 454 g/mol. The number of benzene rings is 2. The van der Waals surface area contributed by atoms with Gasteiger partial charge in [0, 0.05) is 18.0 Å². The largest absolute Gasteiger partial charge is 1.00 e. The number of amides is 1. The van der Waals surface area contributed by atoms with E-state index in [-0.39, 0.29) is 29.6 Å². The summed E-state index contributed by atoms with van der Waals surface area (Å²) >= 11 is 1.52. The van der Waals surface area contributed by atoms with Crippen LogP contribution in [0, 0.1) is 0 Å². The van der Waals surface area contributed by atoms with E-state index >= 15 is 0 Å². The van der Waals surface area contributed by atoms with Crippen molar-refractivity contribution in [1.82, 2.24) is 10.3 Å². The number of rotatable bonds is 9. The van der Waals surface area contributed by atoms with Gasteiger partial charge in [0.05, 0.1) is 12.0 Å². The van der Waals surface area contributed by atoms with Crippen molar-refractivity contribution in [2.75, 3.05) is 12.0 Å². The first-order valence-electron chi connectivity index (χ1n) is 9.86. The van der Waals surface area contributed by atoms with Crippen molar-refractivity contribution in [3.63, 3.8) is 0 Å². The SMILES string of the molecule is CSCC[C@H](NC(=O)c1ccc(C=Cc2cccnc2)cc1-c1ccccc1)C(=O)[O-].[Na+]. The third-order valence-electron chi connectivity index (χ3n) is 4.73. The van der Waals surface area contributed by atoms with E-state index in [4.69, 9.17) is 0 Å². The molecule has 7 heteroatoms. The Morgan fingerprint density at radius 3 is 2.47 bits per heavy atom. The van der Waals surface area contributed by atoms with Gasteiger partial charge in [0.2, 0.25) is 0 Å². The van der Waals surface area contributed by atoms with Crippen LogP contribution < -0.4 is 40.0 Å². The molecule has 1 atom stereocenters. The average Bonchev–Trinajstić information content (AvgIpc) is 2.81. The molecule has 1 heterocycles. The maximum atomic E-state index is 13.0. The topological polar surface area (TPSA) is 82.1 Å². The summed E-state index contributed by atoms with van der Waals surface area (Å²) < 4.78 is 0. The summed E-state index contributed by atoms with van der Waals surface area (Å²) in [6.45, 7) is 0. The van der Waals surface area contributed by atoms with E-state index in [0.29, 0.717) is 17.7 Å². The molecule has 5 nitrogen and oxygen atoms in total. The second-order valence-electron chi connectivity index (χ2n) is 6.92. The molecule has 158 valence electrons. The van der Waals surface area contributed by atoms with Crippen molar-refractivity contribution < 1.29 is 44.3 Å². The van der Waals surface area contributed by atoms with Crippen LogP contribution in [0.25, 0.3) is 23.3 Å². The van der Waals surface area contributed by atoms with E-state index in [1.165, 1.54) is 11.8 Å². The second kappa shape index (κ2) is 13.2. The Morgan fingerprint density at radius 2 is 1.81 bits per heavy atom. The van der Waals surface area contributed by atoms with Gasteiger partial charge in [-0.25, -0.2) is 0 Å². The predicted octanol–water partition coefficient (Wildman–Crippen LogP) is 0.524. The number of hydrogen-bond donors (Lipinski definition) is 1. The molecule has 0 unspecified atom stereocenters. The van der Waals surface area contributed by atoms with E-state index in [2.05, 4.69) is 10.3 Å². The summed E-state index contributed by atoms with van der Waals surface area (Å²) in [7, 11) is 0. The Labute approximate surface area is 214 Å². The number of aliphatic carboxylic acids is 1. The summed E-state index contributed by atoms with van der Waals surface area (Å²) in [5.74, 6) is -1.10. The molecular formula is C25H23N2NaO3S. The molecule has 0 aliphatic rings. The molecule has 3 rings (SSSR count). The molecule has 1 aromatic heterocycles. The van der Waals surface area contributed by atoms with Gasteiger partial charge in [0.15, 0.2) is 0 Å².